The van der Waals surface area contributed by atoms with Crippen molar-refractivity contribution in [3.05, 3.63) is 86.7 Å². The summed E-state index contributed by atoms with van der Waals surface area (Å²) in [6.45, 7) is 6.37. The van der Waals surface area contributed by atoms with Gasteiger partial charge >= 0.3 is 0 Å². The van der Waals surface area contributed by atoms with E-state index >= 15 is 0 Å². The van der Waals surface area contributed by atoms with E-state index in [1.165, 1.54) is 0 Å². The second-order valence-corrected chi connectivity index (χ2v) is 8.41. The van der Waals surface area contributed by atoms with Gasteiger partial charge in [0.2, 0.25) is 0 Å². The first kappa shape index (κ1) is 20.9. The van der Waals surface area contributed by atoms with Crippen LogP contribution >= 0.6 is 23.2 Å². The van der Waals surface area contributed by atoms with Crippen LogP contribution in [0.4, 0.5) is 0 Å². The van der Waals surface area contributed by atoms with Crippen LogP contribution < -0.4 is 0 Å². The van der Waals surface area contributed by atoms with Crippen LogP contribution in [0.5, 0.6) is 0 Å². The van der Waals surface area contributed by atoms with Crippen molar-refractivity contribution in [1.82, 2.24) is 15.0 Å². The van der Waals surface area contributed by atoms with Gasteiger partial charge in [0.1, 0.15) is 11.3 Å². The lowest BCUT2D eigenvalue weighted by Gasteiger charge is -2.39. The average molecular weight is 444 g/mol. The lowest BCUT2D eigenvalue weighted by atomic mass is 9.96. The smallest absolute Gasteiger partial charge is 0.259 e. The predicted octanol–water partition coefficient (Wildman–Crippen LogP) is 5.15. The van der Waals surface area contributed by atoms with E-state index in [1.807, 2.05) is 29.2 Å². The quantitative estimate of drug-likeness (QED) is 0.559. The first-order valence-corrected chi connectivity index (χ1v) is 10.7. The van der Waals surface area contributed by atoms with Crippen molar-refractivity contribution in [3.8, 4) is 0 Å². The fourth-order valence-electron chi connectivity index (χ4n) is 4.03. The summed E-state index contributed by atoms with van der Waals surface area (Å²) >= 11 is 12.2. The lowest BCUT2D eigenvalue weighted by Crippen LogP contribution is -2.50. The Bertz CT molecular complexity index is 959. The first-order valence-electron chi connectivity index (χ1n) is 9.91. The SMILES string of the molecule is Cc1noc(C)c1C(=O)N1CCN(C(c2ccc(Cl)cc2)c2ccc(Cl)cc2)CC1. The molecule has 1 amide bonds. The summed E-state index contributed by atoms with van der Waals surface area (Å²) in [6.07, 6.45) is 0. The van der Waals surface area contributed by atoms with Crippen LogP contribution in [0.2, 0.25) is 10.0 Å². The van der Waals surface area contributed by atoms with Gasteiger partial charge in [-0.3, -0.25) is 9.69 Å². The highest BCUT2D eigenvalue weighted by Crippen LogP contribution is 2.31. The molecule has 5 nitrogen and oxygen atoms in total. The minimum atomic E-state index is -0.0135. The molecule has 0 N–H and O–H groups in total. The Morgan fingerprint density at radius 1 is 0.900 bits per heavy atom. The van der Waals surface area contributed by atoms with Crippen LogP contribution in [0.1, 0.15) is 39.0 Å². The molecule has 30 heavy (non-hydrogen) atoms. The van der Waals surface area contributed by atoms with Crippen molar-refractivity contribution >= 4 is 29.1 Å². The van der Waals surface area contributed by atoms with E-state index in [1.54, 1.807) is 13.8 Å². The summed E-state index contributed by atoms with van der Waals surface area (Å²) in [5.41, 5.74) is 3.54. The molecule has 3 aromatic rings. The zero-order valence-electron chi connectivity index (χ0n) is 16.9. The molecular weight excluding hydrogens is 421 g/mol. The fraction of sp³-hybridized carbons (Fsp3) is 0.304. The number of hydrogen-bond donors (Lipinski definition) is 0. The molecule has 0 spiro atoms. The maximum atomic E-state index is 13.0. The molecule has 156 valence electrons. The molecular formula is C23H23Cl2N3O2. The molecule has 1 saturated heterocycles. The van der Waals surface area contributed by atoms with Crippen LogP contribution in [-0.2, 0) is 0 Å². The molecule has 1 aliphatic heterocycles. The van der Waals surface area contributed by atoms with Gasteiger partial charge in [-0.25, -0.2) is 0 Å². The number of halogens is 2. The Kier molecular flexibility index (Phi) is 6.14. The highest BCUT2D eigenvalue weighted by molar-refractivity contribution is 6.30. The third kappa shape index (κ3) is 4.24. The van der Waals surface area contributed by atoms with E-state index in [0.717, 1.165) is 24.2 Å². The Balaban J connectivity index is 1.55. The summed E-state index contributed by atoms with van der Waals surface area (Å²) in [5, 5.41) is 5.34. The van der Waals surface area contributed by atoms with Gasteiger partial charge in [-0.05, 0) is 49.2 Å². The first-order chi connectivity index (χ1) is 14.4. The van der Waals surface area contributed by atoms with Crippen molar-refractivity contribution in [1.29, 1.82) is 0 Å². The van der Waals surface area contributed by atoms with Crippen LogP contribution in [0, 0.1) is 13.8 Å². The molecule has 1 fully saturated rings. The van der Waals surface area contributed by atoms with Crippen LogP contribution in [0.3, 0.4) is 0 Å². The third-order valence-corrected chi connectivity index (χ3v) is 6.09. The number of piperazine rings is 1. The van der Waals surface area contributed by atoms with E-state index in [-0.39, 0.29) is 11.9 Å². The molecule has 1 aliphatic rings. The van der Waals surface area contributed by atoms with Gasteiger partial charge in [0.15, 0.2) is 0 Å². The summed E-state index contributed by atoms with van der Waals surface area (Å²) in [7, 11) is 0. The molecule has 0 unspecified atom stereocenters. The van der Waals surface area contributed by atoms with Crippen molar-refractivity contribution in [3.63, 3.8) is 0 Å². The molecule has 2 aromatic carbocycles. The van der Waals surface area contributed by atoms with E-state index in [9.17, 15) is 4.79 Å². The van der Waals surface area contributed by atoms with Gasteiger partial charge in [0.25, 0.3) is 5.91 Å². The minimum Gasteiger partial charge on any atom is -0.361 e. The van der Waals surface area contributed by atoms with E-state index in [0.29, 0.717) is 40.2 Å². The molecule has 0 aliphatic carbocycles. The van der Waals surface area contributed by atoms with Crippen LogP contribution in [0.15, 0.2) is 53.1 Å². The number of nitrogens with zero attached hydrogens (tertiary/aromatic N) is 3. The van der Waals surface area contributed by atoms with E-state index in [4.69, 9.17) is 27.7 Å². The number of benzene rings is 2. The van der Waals surface area contributed by atoms with Crippen molar-refractivity contribution < 1.29 is 9.32 Å². The maximum Gasteiger partial charge on any atom is 0.259 e. The Morgan fingerprint density at radius 2 is 1.40 bits per heavy atom. The number of aromatic nitrogens is 1. The lowest BCUT2D eigenvalue weighted by molar-refractivity contribution is 0.0595. The standard InChI is InChI=1S/C23H23Cl2N3O2/c1-15-21(16(2)30-26-15)23(29)28-13-11-27(12-14-28)22(17-3-7-19(24)8-4-17)18-5-9-20(25)10-6-18/h3-10,22H,11-14H2,1-2H3. The molecule has 0 atom stereocenters. The van der Waals surface area contributed by atoms with Crippen molar-refractivity contribution in [2.75, 3.05) is 26.2 Å². The number of carbonyl (C=O) groups excluding carboxylic acids is 1. The zero-order valence-corrected chi connectivity index (χ0v) is 18.5. The molecule has 2 heterocycles. The summed E-state index contributed by atoms with van der Waals surface area (Å²) in [5.74, 6) is 0.556. The van der Waals surface area contributed by atoms with Crippen molar-refractivity contribution in [2.24, 2.45) is 0 Å². The van der Waals surface area contributed by atoms with E-state index < -0.39 is 0 Å². The normalized spacial score (nSPS) is 15.0. The van der Waals surface area contributed by atoms with Gasteiger partial charge in [0, 0.05) is 36.2 Å². The van der Waals surface area contributed by atoms with Crippen LogP contribution in [-0.4, -0.2) is 47.0 Å². The maximum absolute atomic E-state index is 13.0. The molecule has 0 radical (unpaired) electrons. The molecule has 7 heteroatoms. The minimum absolute atomic E-state index is 0.0135. The number of hydrogen-bond acceptors (Lipinski definition) is 4. The second kappa shape index (κ2) is 8.80. The molecule has 4 rings (SSSR count). The number of amides is 1. The zero-order chi connectivity index (χ0) is 21.3. The van der Waals surface area contributed by atoms with Gasteiger partial charge in [0.05, 0.1) is 11.7 Å². The predicted molar refractivity (Wildman–Crippen MR) is 118 cm³/mol. The summed E-state index contributed by atoms with van der Waals surface area (Å²) < 4.78 is 5.17. The Morgan fingerprint density at radius 3 is 1.83 bits per heavy atom. The molecule has 1 aromatic heterocycles. The largest absolute Gasteiger partial charge is 0.361 e. The van der Waals surface area contributed by atoms with E-state index in [2.05, 4.69) is 34.3 Å². The van der Waals surface area contributed by atoms with Gasteiger partial charge < -0.3 is 9.42 Å². The second-order valence-electron chi connectivity index (χ2n) is 7.53. The average Bonchev–Trinajstić information content (AvgIpc) is 3.09. The van der Waals surface area contributed by atoms with Gasteiger partial charge in [-0.1, -0.05) is 52.6 Å². The fourth-order valence-corrected chi connectivity index (χ4v) is 4.29. The highest BCUT2D eigenvalue weighted by atomic mass is 35.5. The van der Waals surface area contributed by atoms with Gasteiger partial charge in [-0.2, -0.15) is 0 Å². The summed E-state index contributed by atoms with van der Waals surface area (Å²) in [4.78, 5) is 17.2. The molecule has 0 saturated carbocycles. The van der Waals surface area contributed by atoms with Gasteiger partial charge in [-0.15, -0.1) is 0 Å². The Hall–Kier alpha value is -2.34. The number of carbonyl (C=O) groups is 1. The van der Waals surface area contributed by atoms with Crippen molar-refractivity contribution in [2.45, 2.75) is 19.9 Å². The van der Waals surface area contributed by atoms with Crippen LogP contribution in [0.25, 0.3) is 0 Å². The number of aryl methyl sites for hydroxylation is 2. The highest BCUT2D eigenvalue weighted by Gasteiger charge is 2.30. The number of rotatable bonds is 4. The Labute approximate surface area is 186 Å². The molecule has 0 bridgehead atoms. The third-order valence-electron chi connectivity index (χ3n) is 5.59. The monoisotopic (exact) mass is 443 g/mol. The summed E-state index contributed by atoms with van der Waals surface area (Å²) in [6, 6.07) is 16.0. The topological polar surface area (TPSA) is 49.6 Å².